The van der Waals surface area contributed by atoms with Crippen molar-refractivity contribution < 1.29 is 9.59 Å². The largest absolute Gasteiger partial charge is 0.367 e. The Bertz CT molecular complexity index is 585. The number of Topliss-reactive ketones (excluding diaryl/α,β-unsaturated/α-hetero) is 1. The van der Waals surface area contributed by atoms with Crippen molar-refractivity contribution in [1.82, 2.24) is 4.90 Å². The first kappa shape index (κ1) is 14.1. The van der Waals surface area contributed by atoms with Crippen LogP contribution in [0.25, 0.3) is 0 Å². The van der Waals surface area contributed by atoms with Crippen LogP contribution >= 0.6 is 0 Å². The first-order valence-corrected chi connectivity index (χ1v) is 7.55. The number of hydrogen-bond acceptors (Lipinski definition) is 4. The number of hydrogen-bond donors (Lipinski definition) is 1. The van der Waals surface area contributed by atoms with Gasteiger partial charge in [-0.05, 0) is 44.6 Å². The number of ketones is 1. The highest BCUT2D eigenvalue weighted by atomic mass is 16.2. The number of anilines is 2. The molecule has 1 saturated heterocycles. The molecule has 1 N–H and O–H groups in total. The molecule has 0 saturated carbocycles. The van der Waals surface area contributed by atoms with Crippen molar-refractivity contribution in [2.75, 3.05) is 36.9 Å². The highest BCUT2D eigenvalue weighted by Gasteiger charge is 2.29. The fourth-order valence-corrected chi connectivity index (χ4v) is 3.25. The predicted octanol–water partition coefficient (Wildman–Crippen LogP) is 1.74. The van der Waals surface area contributed by atoms with Crippen molar-refractivity contribution in [2.45, 2.75) is 25.8 Å². The van der Waals surface area contributed by atoms with E-state index in [0.29, 0.717) is 17.3 Å². The molecular weight excluding hydrogens is 266 g/mol. The molecule has 112 valence electrons. The summed E-state index contributed by atoms with van der Waals surface area (Å²) in [7, 11) is 2.16. The summed E-state index contributed by atoms with van der Waals surface area (Å²) >= 11 is 0. The van der Waals surface area contributed by atoms with Crippen molar-refractivity contribution in [3.8, 4) is 0 Å². The lowest BCUT2D eigenvalue weighted by Gasteiger charge is -2.32. The minimum atomic E-state index is -0.523. The number of rotatable bonds is 2. The first-order valence-electron chi connectivity index (χ1n) is 7.55. The Morgan fingerprint density at radius 1 is 1.29 bits per heavy atom. The molecule has 0 aliphatic carbocycles. The van der Waals surface area contributed by atoms with Gasteiger partial charge in [-0.2, -0.15) is 0 Å². The molecule has 0 spiro atoms. The standard InChI is InChI=1S/C16H21N3O2/c1-3-11-10-18(2)7-4-8-19(11)12-5-6-13-14(9-12)17-16(21)15(13)20/h5-6,9,11H,3-4,7-8,10H2,1-2H3,(H,17,20,21). The van der Waals surface area contributed by atoms with Gasteiger partial charge in [0.25, 0.3) is 11.7 Å². The third-order valence-corrected chi connectivity index (χ3v) is 4.41. The van der Waals surface area contributed by atoms with Gasteiger partial charge in [0.1, 0.15) is 0 Å². The summed E-state index contributed by atoms with van der Waals surface area (Å²) in [5.41, 5.74) is 2.23. The number of benzene rings is 1. The van der Waals surface area contributed by atoms with Crippen LogP contribution in [0.4, 0.5) is 11.4 Å². The lowest BCUT2D eigenvalue weighted by molar-refractivity contribution is -0.112. The van der Waals surface area contributed by atoms with E-state index in [1.807, 2.05) is 12.1 Å². The molecule has 0 radical (unpaired) electrons. The zero-order valence-electron chi connectivity index (χ0n) is 12.6. The average Bonchev–Trinajstić information content (AvgIpc) is 2.65. The van der Waals surface area contributed by atoms with Gasteiger partial charge in [-0.25, -0.2) is 0 Å². The summed E-state index contributed by atoms with van der Waals surface area (Å²) in [5, 5.41) is 2.66. The zero-order chi connectivity index (χ0) is 15.0. The number of nitrogens with zero attached hydrogens (tertiary/aromatic N) is 2. The maximum atomic E-state index is 11.7. The van der Waals surface area contributed by atoms with Crippen LogP contribution < -0.4 is 10.2 Å². The third kappa shape index (κ3) is 2.53. The molecule has 0 bridgehead atoms. The number of fused-ring (bicyclic) bond motifs is 1. The van der Waals surface area contributed by atoms with Gasteiger partial charge < -0.3 is 15.1 Å². The van der Waals surface area contributed by atoms with E-state index < -0.39 is 11.7 Å². The molecule has 1 unspecified atom stereocenters. The molecule has 3 rings (SSSR count). The van der Waals surface area contributed by atoms with Crippen LogP contribution in [0.1, 0.15) is 30.1 Å². The fourth-order valence-electron chi connectivity index (χ4n) is 3.25. The molecule has 5 nitrogen and oxygen atoms in total. The van der Waals surface area contributed by atoms with Crippen LogP contribution in [0, 0.1) is 0 Å². The topological polar surface area (TPSA) is 52.6 Å². The van der Waals surface area contributed by atoms with E-state index in [1.165, 1.54) is 0 Å². The minimum Gasteiger partial charge on any atom is -0.367 e. The lowest BCUT2D eigenvalue weighted by Crippen LogP contribution is -2.39. The van der Waals surface area contributed by atoms with E-state index in [9.17, 15) is 9.59 Å². The maximum Gasteiger partial charge on any atom is 0.296 e. The van der Waals surface area contributed by atoms with Gasteiger partial charge in [0, 0.05) is 24.8 Å². The quantitative estimate of drug-likeness (QED) is 0.842. The molecule has 5 heteroatoms. The third-order valence-electron chi connectivity index (χ3n) is 4.41. The highest BCUT2D eigenvalue weighted by Crippen LogP contribution is 2.30. The van der Waals surface area contributed by atoms with E-state index >= 15 is 0 Å². The summed E-state index contributed by atoms with van der Waals surface area (Å²) in [6.07, 6.45) is 2.20. The second-order valence-corrected chi connectivity index (χ2v) is 5.88. The van der Waals surface area contributed by atoms with E-state index in [-0.39, 0.29) is 0 Å². The zero-order valence-corrected chi connectivity index (χ0v) is 12.6. The second kappa shape index (κ2) is 5.48. The molecule has 1 aromatic rings. The van der Waals surface area contributed by atoms with Gasteiger partial charge in [0.15, 0.2) is 0 Å². The molecule has 1 aromatic carbocycles. The molecule has 2 aliphatic heterocycles. The lowest BCUT2D eigenvalue weighted by atomic mass is 10.1. The first-order chi connectivity index (χ1) is 10.1. The van der Waals surface area contributed by atoms with E-state index in [4.69, 9.17) is 0 Å². The van der Waals surface area contributed by atoms with Crippen LogP contribution in [-0.4, -0.2) is 49.3 Å². The van der Waals surface area contributed by atoms with Gasteiger partial charge in [-0.15, -0.1) is 0 Å². The summed E-state index contributed by atoms with van der Waals surface area (Å²) < 4.78 is 0. The molecule has 2 heterocycles. The average molecular weight is 287 g/mol. The van der Waals surface area contributed by atoms with Gasteiger partial charge in [0.05, 0.1) is 11.3 Å². The Hall–Kier alpha value is -1.88. The Morgan fingerprint density at radius 3 is 2.86 bits per heavy atom. The smallest absolute Gasteiger partial charge is 0.296 e. The summed E-state index contributed by atoms with van der Waals surface area (Å²) in [4.78, 5) is 27.9. The molecule has 2 aliphatic rings. The van der Waals surface area contributed by atoms with Crippen molar-refractivity contribution in [2.24, 2.45) is 0 Å². The van der Waals surface area contributed by atoms with E-state index in [2.05, 4.69) is 29.1 Å². The number of likely N-dealkylation sites (N-methyl/N-ethyl adjacent to an activating group) is 1. The molecule has 21 heavy (non-hydrogen) atoms. The van der Waals surface area contributed by atoms with Crippen LogP contribution in [0.15, 0.2) is 18.2 Å². The van der Waals surface area contributed by atoms with Crippen molar-refractivity contribution in [3.05, 3.63) is 23.8 Å². The Morgan fingerprint density at radius 2 is 2.10 bits per heavy atom. The predicted molar refractivity (Wildman–Crippen MR) is 82.9 cm³/mol. The summed E-state index contributed by atoms with van der Waals surface area (Å²) in [5.74, 6) is -0.955. The normalized spacial score (nSPS) is 23.0. The van der Waals surface area contributed by atoms with Crippen molar-refractivity contribution in [3.63, 3.8) is 0 Å². The minimum absolute atomic E-state index is 0.431. The maximum absolute atomic E-state index is 11.7. The summed E-state index contributed by atoms with van der Waals surface area (Å²) in [6.45, 7) is 5.35. The highest BCUT2D eigenvalue weighted by molar-refractivity contribution is 6.51. The van der Waals surface area contributed by atoms with Crippen molar-refractivity contribution >= 4 is 23.1 Å². The monoisotopic (exact) mass is 287 g/mol. The number of carbonyl (C=O) groups excluding carboxylic acids is 2. The van der Waals surface area contributed by atoms with Gasteiger partial charge in [-0.1, -0.05) is 6.92 Å². The fraction of sp³-hybridized carbons (Fsp3) is 0.500. The Balaban J connectivity index is 1.91. The molecule has 1 atom stereocenters. The molecular formula is C16H21N3O2. The molecule has 0 aromatic heterocycles. The second-order valence-electron chi connectivity index (χ2n) is 5.88. The number of nitrogens with one attached hydrogen (secondary N) is 1. The van der Waals surface area contributed by atoms with Crippen LogP contribution in [0.2, 0.25) is 0 Å². The SMILES string of the molecule is CCC1CN(C)CCCN1c1ccc2c(c1)NC(=O)C2=O. The van der Waals surface area contributed by atoms with E-state index in [1.54, 1.807) is 6.07 Å². The van der Waals surface area contributed by atoms with Gasteiger partial charge >= 0.3 is 0 Å². The van der Waals surface area contributed by atoms with E-state index in [0.717, 1.165) is 38.2 Å². The van der Waals surface area contributed by atoms with Gasteiger partial charge in [-0.3, -0.25) is 9.59 Å². The Kier molecular flexibility index (Phi) is 3.68. The van der Waals surface area contributed by atoms with Crippen LogP contribution in [0.3, 0.4) is 0 Å². The van der Waals surface area contributed by atoms with Crippen molar-refractivity contribution in [1.29, 1.82) is 0 Å². The summed E-state index contributed by atoms with van der Waals surface area (Å²) in [6, 6.07) is 6.13. The van der Waals surface area contributed by atoms with Crippen LogP contribution in [0.5, 0.6) is 0 Å². The number of carbonyl (C=O) groups is 2. The van der Waals surface area contributed by atoms with Gasteiger partial charge in [0.2, 0.25) is 0 Å². The van der Waals surface area contributed by atoms with Crippen LogP contribution in [-0.2, 0) is 4.79 Å². The Labute approximate surface area is 124 Å². The molecule has 1 amide bonds. The molecule has 1 fully saturated rings. The number of amides is 1.